The molecule has 0 heterocycles. The van der Waals surface area contributed by atoms with Gasteiger partial charge in [0.05, 0.1) is 11.6 Å². The Kier molecular flexibility index (Phi) is 7.55. The predicted molar refractivity (Wildman–Crippen MR) is 106 cm³/mol. The third-order valence-corrected chi connectivity index (χ3v) is 3.96. The maximum Gasteiger partial charge on any atom is 0.328 e. The zero-order valence-corrected chi connectivity index (χ0v) is 16.4. The van der Waals surface area contributed by atoms with Crippen LogP contribution in [0.1, 0.15) is 23.6 Å². The van der Waals surface area contributed by atoms with Crippen LogP contribution in [0.2, 0.25) is 5.02 Å². The molecular formula is C21H23ClO5. The number of ether oxygens (including phenoxy) is 3. The second-order valence-electron chi connectivity index (χ2n) is 5.90. The Morgan fingerprint density at radius 2 is 1.81 bits per heavy atom. The van der Waals surface area contributed by atoms with Crippen LogP contribution in [0.25, 0.3) is 6.08 Å². The number of aliphatic carboxylic acids is 1. The second-order valence-corrected chi connectivity index (χ2v) is 6.31. The Bertz CT molecular complexity index is 830. The summed E-state index contributed by atoms with van der Waals surface area (Å²) < 4.78 is 17.1. The van der Waals surface area contributed by atoms with E-state index in [2.05, 4.69) is 0 Å². The van der Waals surface area contributed by atoms with Gasteiger partial charge in [-0.2, -0.15) is 0 Å². The number of halogens is 1. The average molecular weight is 391 g/mol. The number of carboxylic acid groups (broad SMARTS) is 1. The summed E-state index contributed by atoms with van der Waals surface area (Å²) in [6.07, 6.45) is 2.49. The standard InChI is InChI=1S/C21H23ClO5/c1-4-25-19-13-16(7-8-20(23)24)12-17(22)21(19)27-10-9-26-18-11-14(2)5-6-15(18)3/h5-8,11-13H,4,9-10H2,1-3H3,(H,23,24). The summed E-state index contributed by atoms with van der Waals surface area (Å²) >= 11 is 6.30. The van der Waals surface area contributed by atoms with Crippen LogP contribution in [0.4, 0.5) is 0 Å². The molecule has 1 N–H and O–H groups in total. The number of carboxylic acids is 1. The Morgan fingerprint density at radius 3 is 2.52 bits per heavy atom. The molecule has 5 nitrogen and oxygen atoms in total. The van der Waals surface area contributed by atoms with Crippen molar-refractivity contribution >= 4 is 23.6 Å². The molecule has 0 unspecified atom stereocenters. The molecule has 144 valence electrons. The minimum atomic E-state index is -1.03. The molecule has 0 aliphatic rings. The number of carbonyl (C=O) groups is 1. The van der Waals surface area contributed by atoms with E-state index in [9.17, 15) is 4.79 Å². The van der Waals surface area contributed by atoms with E-state index in [0.717, 1.165) is 23.0 Å². The average Bonchev–Trinajstić information content (AvgIpc) is 2.61. The lowest BCUT2D eigenvalue weighted by molar-refractivity contribution is -0.131. The fraction of sp³-hybridized carbons (Fsp3) is 0.286. The van der Waals surface area contributed by atoms with Gasteiger partial charge in [-0.15, -0.1) is 0 Å². The van der Waals surface area contributed by atoms with Crippen LogP contribution in [0.3, 0.4) is 0 Å². The third-order valence-electron chi connectivity index (χ3n) is 3.68. The topological polar surface area (TPSA) is 65.0 Å². The van der Waals surface area contributed by atoms with Crippen molar-refractivity contribution in [2.45, 2.75) is 20.8 Å². The van der Waals surface area contributed by atoms with Crippen molar-refractivity contribution in [1.29, 1.82) is 0 Å². The summed E-state index contributed by atoms with van der Waals surface area (Å²) in [6, 6.07) is 9.35. The lowest BCUT2D eigenvalue weighted by Gasteiger charge is -2.15. The molecular weight excluding hydrogens is 368 g/mol. The lowest BCUT2D eigenvalue weighted by Crippen LogP contribution is -2.11. The highest BCUT2D eigenvalue weighted by molar-refractivity contribution is 6.32. The van der Waals surface area contributed by atoms with Crippen molar-refractivity contribution in [3.63, 3.8) is 0 Å². The van der Waals surface area contributed by atoms with Gasteiger partial charge in [0.15, 0.2) is 11.5 Å². The first-order valence-corrected chi connectivity index (χ1v) is 8.98. The quantitative estimate of drug-likeness (QED) is 0.486. The van der Waals surface area contributed by atoms with Gasteiger partial charge < -0.3 is 19.3 Å². The van der Waals surface area contributed by atoms with Crippen LogP contribution in [-0.4, -0.2) is 30.9 Å². The van der Waals surface area contributed by atoms with Gasteiger partial charge in [0.1, 0.15) is 19.0 Å². The van der Waals surface area contributed by atoms with Crippen molar-refractivity contribution in [2.75, 3.05) is 19.8 Å². The zero-order chi connectivity index (χ0) is 19.8. The van der Waals surface area contributed by atoms with Crippen LogP contribution in [-0.2, 0) is 4.79 Å². The summed E-state index contributed by atoms with van der Waals surface area (Å²) in [5.41, 5.74) is 2.80. The molecule has 0 spiro atoms. The van der Waals surface area contributed by atoms with Crippen LogP contribution in [0.5, 0.6) is 17.2 Å². The molecule has 0 saturated heterocycles. The van der Waals surface area contributed by atoms with Crippen LogP contribution in [0.15, 0.2) is 36.4 Å². The minimum Gasteiger partial charge on any atom is -0.490 e. The van der Waals surface area contributed by atoms with Gasteiger partial charge in [0.25, 0.3) is 0 Å². The van der Waals surface area contributed by atoms with Crippen LogP contribution >= 0.6 is 11.6 Å². The number of benzene rings is 2. The molecule has 0 bridgehead atoms. The highest BCUT2D eigenvalue weighted by atomic mass is 35.5. The van der Waals surface area contributed by atoms with Gasteiger partial charge in [0, 0.05) is 6.08 Å². The summed E-state index contributed by atoms with van der Waals surface area (Å²) in [5.74, 6) is 0.661. The molecule has 27 heavy (non-hydrogen) atoms. The van der Waals surface area contributed by atoms with Gasteiger partial charge in [-0.25, -0.2) is 4.79 Å². The molecule has 0 aliphatic heterocycles. The molecule has 0 aliphatic carbocycles. The van der Waals surface area contributed by atoms with Gasteiger partial charge in [0.2, 0.25) is 0 Å². The fourth-order valence-corrected chi connectivity index (χ4v) is 2.69. The van der Waals surface area contributed by atoms with Crippen molar-refractivity contribution in [3.05, 3.63) is 58.1 Å². The van der Waals surface area contributed by atoms with Crippen molar-refractivity contribution < 1.29 is 24.1 Å². The predicted octanol–water partition coefficient (Wildman–Crippen LogP) is 4.91. The van der Waals surface area contributed by atoms with E-state index in [4.69, 9.17) is 30.9 Å². The molecule has 0 fully saturated rings. The summed E-state index contributed by atoms with van der Waals surface area (Å²) in [7, 11) is 0. The Labute approximate surface area is 164 Å². The number of rotatable bonds is 9. The minimum absolute atomic E-state index is 0.289. The first-order chi connectivity index (χ1) is 12.9. The Morgan fingerprint density at radius 1 is 1.07 bits per heavy atom. The normalized spacial score (nSPS) is 10.8. The maximum atomic E-state index is 10.7. The van der Waals surface area contributed by atoms with Crippen molar-refractivity contribution in [3.8, 4) is 17.2 Å². The maximum absolute atomic E-state index is 10.7. The van der Waals surface area contributed by atoms with Crippen molar-refractivity contribution in [2.24, 2.45) is 0 Å². The van der Waals surface area contributed by atoms with Gasteiger partial charge >= 0.3 is 5.97 Å². The second kappa shape index (κ2) is 9.88. The van der Waals surface area contributed by atoms with E-state index in [-0.39, 0.29) is 6.61 Å². The first kappa shape index (κ1) is 20.6. The monoisotopic (exact) mass is 390 g/mol. The molecule has 0 radical (unpaired) electrons. The summed E-state index contributed by atoms with van der Waals surface area (Å²) in [6.45, 7) is 6.92. The van der Waals surface area contributed by atoms with E-state index in [1.54, 1.807) is 12.1 Å². The van der Waals surface area contributed by atoms with Crippen molar-refractivity contribution in [1.82, 2.24) is 0 Å². The first-order valence-electron chi connectivity index (χ1n) is 8.61. The van der Waals surface area contributed by atoms with Crippen LogP contribution < -0.4 is 14.2 Å². The number of hydrogen-bond acceptors (Lipinski definition) is 4. The summed E-state index contributed by atoms with van der Waals surface area (Å²) in [5, 5.41) is 9.10. The van der Waals surface area contributed by atoms with E-state index < -0.39 is 5.97 Å². The SMILES string of the molecule is CCOc1cc(C=CC(=O)O)cc(Cl)c1OCCOc1cc(C)ccc1C. The molecule has 2 aromatic carbocycles. The van der Waals surface area contributed by atoms with Gasteiger partial charge in [-0.3, -0.25) is 0 Å². The van der Waals surface area contributed by atoms with E-state index in [1.807, 2.05) is 39.0 Å². The Hall–Kier alpha value is -2.66. The van der Waals surface area contributed by atoms with Gasteiger partial charge in [-0.05, 0) is 61.7 Å². The van der Waals surface area contributed by atoms with E-state index in [0.29, 0.717) is 35.3 Å². The Balaban J connectivity index is 2.06. The lowest BCUT2D eigenvalue weighted by atomic mass is 10.1. The number of hydrogen-bond donors (Lipinski definition) is 1. The zero-order valence-electron chi connectivity index (χ0n) is 15.6. The molecule has 0 aromatic heterocycles. The highest BCUT2D eigenvalue weighted by Gasteiger charge is 2.12. The fourth-order valence-electron chi connectivity index (χ4n) is 2.41. The molecule has 0 atom stereocenters. The molecule has 2 rings (SSSR count). The smallest absolute Gasteiger partial charge is 0.328 e. The molecule has 0 saturated carbocycles. The highest BCUT2D eigenvalue weighted by Crippen LogP contribution is 2.37. The molecule has 6 heteroatoms. The summed E-state index contributed by atoms with van der Waals surface area (Å²) in [4.78, 5) is 10.7. The van der Waals surface area contributed by atoms with E-state index >= 15 is 0 Å². The molecule has 2 aromatic rings. The van der Waals surface area contributed by atoms with Gasteiger partial charge in [-0.1, -0.05) is 23.7 Å². The molecule has 0 amide bonds. The largest absolute Gasteiger partial charge is 0.490 e. The van der Waals surface area contributed by atoms with Crippen LogP contribution in [0, 0.1) is 13.8 Å². The van der Waals surface area contributed by atoms with E-state index in [1.165, 1.54) is 6.08 Å². The number of aryl methyl sites for hydroxylation is 2. The third kappa shape index (κ3) is 6.22.